The molecular weight excluding hydrogens is 336 g/mol. The molecule has 3 rings (SSSR count). The van der Waals surface area contributed by atoms with Crippen molar-refractivity contribution < 1.29 is 9.53 Å². The Morgan fingerprint density at radius 1 is 0.889 bits per heavy atom. The number of methoxy groups -OCH3 is 1. The predicted molar refractivity (Wildman–Crippen MR) is 106 cm³/mol. The smallest absolute Gasteiger partial charge is 0.323 e. The summed E-state index contributed by atoms with van der Waals surface area (Å²) < 4.78 is 5.14. The molecule has 0 aliphatic rings. The van der Waals surface area contributed by atoms with E-state index in [1.165, 1.54) is 7.11 Å². The molecule has 27 heavy (non-hydrogen) atoms. The molecule has 138 valence electrons. The van der Waals surface area contributed by atoms with E-state index in [2.05, 4.69) is 34.1 Å². The fraction of sp³-hybridized carbons (Fsp3) is 0.217. The number of carbonyl (C=O) groups excluding carboxylic acids is 1. The lowest BCUT2D eigenvalue weighted by Gasteiger charge is -2.30. The molecule has 4 nitrogen and oxygen atoms in total. The van der Waals surface area contributed by atoms with Crippen LogP contribution in [0.15, 0.2) is 85.2 Å². The van der Waals surface area contributed by atoms with Crippen molar-refractivity contribution in [2.24, 2.45) is 0 Å². The van der Waals surface area contributed by atoms with Crippen LogP contribution in [0.5, 0.6) is 0 Å². The van der Waals surface area contributed by atoms with Crippen LogP contribution in [0.4, 0.5) is 0 Å². The van der Waals surface area contributed by atoms with Gasteiger partial charge in [0.25, 0.3) is 0 Å². The average Bonchev–Trinajstić information content (AvgIpc) is 2.73. The number of hydrogen-bond donors (Lipinski definition) is 0. The molecule has 2 aromatic carbocycles. The minimum absolute atomic E-state index is 0.231. The van der Waals surface area contributed by atoms with Crippen molar-refractivity contribution in [3.05, 3.63) is 102 Å². The molecule has 0 aliphatic heterocycles. The number of rotatable bonds is 8. The van der Waals surface area contributed by atoms with Gasteiger partial charge >= 0.3 is 5.97 Å². The highest BCUT2D eigenvalue weighted by molar-refractivity contribution is 5.76. The van der Waals surface area contributed by atoms with E-state index < -0.39 is 0 Å². The lowest BCUT2D eigenvalue weighted by Crippen LogP contribution is -2.42. The Bertz CT molecular complexity index is 781. The Hall–Kier alpha value is -2.98. The zero-order chi connectivity index (χ0) is 18.9. The molecule has 1 aromatic heterocycles. The van der Waals surface area contributed by atoms with Gasteiger partial charge < -0.3 is 4.74 Å². The summed E-state index contributed by atoms with van der Waals surface area (Å²) in [6.45, 7) is 1.32. The molecule has 1 heterocycles. The number of pyridine rings is 1. The number of benzene rings is 2. The third-order valence-electron chi connectivity index (χ3n) is 4.52. The highest BCUT2D eigenvalue weighted by Crippen LogP contribution is 2.18. The van der Waals surface area contributed by atoms with Crippen molar-refractivity contribution in [1.29, 1.82) is 0 Å². The fourth-order valence-electron chi connectivity index (χ4n) is 3.15. The van der Waals surface area contributed by atoms with E-state index >= 15 is 0 Å². The van der Waals surface area contributed by atoms with Crippen LogP contribution < -0.4 is 0 Å². The molecule has 4 heteroatoms. The van der Waals surface area contributed by atoms with Crippen LogP contribution in [-0.4, -0.2) is 29.0 Å². The number of ether oxygens (including phenoxy) is 1. The molecule has 0 saturated heterocycles. The molecule has 0 fully saturated rings. The molecule has 0 radical (unpaired) electrons. The van der Waals surface area contributed by atoms with Crippen LogP contribution in [0, 0.1) is 0 Å². The summed E-state index contributed by atoms with van der Waals surface area (Å²) in [7, 11) is 1.45. The first-order valence-electron chi connectivity index (χ1n) is 9.05. The van der Waals surface area contributed by atoms with Crippen molar-refractivity contribution >= 4 is 5.97 Å². The largest absolute Gasteiger partial charge is 0.468 e. The predicted octanol–water partition coefficient (Wildman–Crippen LogP) is 3.87. The molecule has 0 amide bonds. The van der Waals surface area contributed by atoms with Gasteiger partial charge in [0, 0.05) is 31.9 Å². The van der Waals surface area contributed by atoms with Gasteiger partial charge in [0.1, 0.15) is 6.04 Å². The number of nitrogens with zero attached hydrogens (tertiary/aromatic N) is 2. The highest BCUT2D eigenvalue weighted by atomic mass is 16.5. The lowest BCUT2D eigenvalue weighted by molar-refractivity contribution is -0.147. The van der Waals surface area contributed by atoms with Gasteiger partial charge in [-0.05, 0) is 22.8 Å². The topological polar surface area (TPSA) is 42.4 Å². The van der Waals surface area contributed by atoms with E-state index in [0.29, 0.717) is 19.5 Å². The maximum absolute atomic E-state index is 12.7. The molecule has 0 unspecified atom stereocenters. The molecule has 0 N–H and O–H groups in total. The Balaban J connectivity index is 1.89. The maximum Gasteiger partial charge on any atom is 0.323 e. The molecule has 3 aromatic rings. The number of hydrogen-bond acceptors (Lipinski definition) is 4. The van der Waals surface area contributed by atoms with E-state index in [9.17, 15) is 4.79 Å². The Morgan fingerprint density at radius 2 is 1.44 bits per heavy atom. The van der Waals surface area contributed by atoms with Crippen molar-refractivity contribution in [3.63, 3.8) is 0 Å². The van der Waals surface area contributed by atoms with Crippen molar-refractivity contribution in [1.82, 2.24) is 9.88 Å². The van der Waals surface area contributed by atoms with E-state index in [1.54, 1.807) is 12.4 Å². The van der Waals surface area contributed by atoms with Gasteiger partial charge in [-0.25, -0.2) is 0 Å². The summed E-state index contributed by atoms with van der Waals surface area (Å²) >= 11 is 0. The monoisotopic (exact) mass is 360 g/mol. The first-order chi connectivity index (χ1) is 13.3. The third-order valence-corrected chi connectivity index (χ3v) is 4.52. The minimum atomic E-state index is -0.389. The first-order valence-corrected chi connectivity index (χ1v) is 9.05. The zero-order valence-corrected chi connectivity index (χ0v) is 15.5. The zero-order valence-electron chi connectivity index (χ0n) is 15.5. The minimum Gasteiger partial charge on any atom is -0.468 e. The molecule has 0 saturated carbocycles. The van der Waals surface area contributed by atoms with Crippen LogP contribution in [0.3, 0.4) is 0 Å². The first kappa shape index (κ1) is 18.8. The van der Waals surface area contributed by atoms with Gasteiger partial charge in [-0.2, -0.15) is 0 Å². The highest BCUT2D eigenvalue weighted by Gasteiger charge is 2.27. The van der Waals surface area contributed by atoms with Gasteiger partial charge in [0.2, 0.25) is 0 Å². The van der Waals surface area contributed by atoms with E-state index in [0.717, 1.165) is 16.7 Å². The van der Waals surface area contributed by atoms with Gasteiger partial charge in [-0.15, -0.1) is 0 Å². The summed E-state index contributed by atoms with van der Waals surface area (Å²) in [5.74, 6) is -0.231. The number of aromatic nitrogens is 1. The van der Waals surface area contributed by atoms with Crippen LogP contribution in [0.1, 0.15) is 16.7 Å². The van der Waals surface area contributed by atoms with Gasteiger partial charge in [0.15, 0.2) is 0 Å². The summed E-state index contributed by atoms with van der Waals surface area (Å²) in [6, 6.07) is 23.9. The maximum atomic E-state index is 12.7. The number of esters is 1. The third kappa shape index (κ3) is 5.50. The second-order valence-corrected chi connectivity index (χ2v) is 6.48. The van der Waals surface area contributed by atoms with Gasteiger partial charge in [0.05, 0.1) is 7.11 Å². The molecule has 0 bridgehead atoms. The Labute approximate surface area is 160 Å². The molecule has 1 atom stereocenters. The Morgan fingerprint density at radius 3 is 1.93 bits per heavy atom. The van der Waals surface area contributed by atoms with Crippen LogP contribution in [0.25, 0.3) is 0 Å². The van der Waals surface area contributed by atoms with Gasteiger partial charge in [-0.1, -0.05) is 66.7 Å². The van der Waals surface area contributed by atoms with Crippen LogP contribution >= 0.6 is 0 Å². The van der Waals surface area contributed by atoms with Crippen molar-refractivity contribution in [2.75, 3.05) is 7.11 Å². The van der Waals surface area contributed by atoms with Crippen molar-refractivity contribution in [3.8, 4) is 0 Å². The van der Waals surface area contributed by atoms with Crippen molar-refractivity contribution in [2.45, 2.75) is 25.6 Å². The Kier molecular flexibility index (Phi) is 6.72. The second kappa shape index (κ2) is 9.64. The SMILES string of the molecule is COC(=O)[C@H](Cc1cccnc1)N(Cc1ccccc1)Cc1ccccc1. The second-order valence-electron chi connectivity index (χ2n) is 6.48. The molecular formula is C23H24N2O2. The summed E-state index contributed by atoms with van der Waals surface area (Å²) in [5, 5.41) is 0. The summed E-state index contributed by atoms with van der Waals surface area (Å²) in [6.07, 6.45) is 4.10. The van der Waals surface area contributed by atoms with Crippen LogP contribution in [-0.2, 0) is 29.0 Å². The standard InChI is InChI=1S/C23H24N2O2/c1-27-23(26)22(15-21-13-8-14-24-16-21)25(17-19-9-4-2-5-10-19)18-20-11-6-3-7-12-20/h2-14,16,22H,15,17-18H2,1H3/t22-/m0/s1. The van der Waals surface area contributed by atoms with Crippen LogP contribution in [0.2, 0.25) is 0 Å². The van der Waals surface area contributed by atoms with Gasteiger partial charge in [-0.3, -0.25) is 14.7 Å². The van der Waals surface area contributed by atoms with E-state index in [4.69, 9.17) is 4.74 Å². The molecule has 0 spiro atoms. The fourth-order valence-corrected chi connectivity index (χ4v) is 3.15. The lowest BCUT2D eigenvalue weighted by atomic mass is 10.0. The van der Waals surface area contributed by atoms with E-state index in [1.807, 2.05) is 48.5 Å². The molecule has 0 aliphatic carbocycles. The summed E-state index contributed by atoms with van der Waals surface area (Å²) in [5.41, 5.74) is 3.33. The quantitative estimate of drug-likeness (QED) is 0.572. The average molecular weight is 360 g/mol. The van der Waals surface area contributed by atoms with E-state index in [-0.39, 0.29) is 12.0 Å². The number of carbonyl (C=O) groups is 1. The normalized spacial score (nSPS) is 11.9. The summed E-state index contributed by atoms with van der Waals surface area (Å²) in [4.78, 5) is 19.0.